The van der Waals surface area contributed by atoms with Crippen molar-refractivity contribution >= 4 is 15.6 Å². The highest BCUT2D eigenvalue weighted by Crippen LogP contribution is 2.50. The van der Waals surface area contributed by atoms with E-state index in [0.717, 1.165) is 0 Å². The maximum atomic E-state index is 11.4. The lowest BCUT2D eigenvalue weighted by Gasteiger charge is -2.35. The molecular formula is C2H2F3O7P2-3. The van der Waals surface area contributed by atoms with E-state index in [9.17, 15) is 37.0 Å². The largest absolute Gasteiger partial charge is 0.790 e. The SMILES string of the molecule is O=P([O-])([O-])OP(=O)([O-])OCC(F)(F)F. The first-order valence-corrected chi connectivity index (χ1v) is 5.59. The molecule has 0 aromatic carbocycles. The molecule has 0 aliphatic carbocycles. The normalized spacial score (nSPS) is 17.9. The third-order valence-electron chi connectivity index (χ3n) is 0.586. The fourth-order valence-electron chi connectivity index (χ4n) is 0.298. The van der Waals surface area contributed by atoms with Crippen molar-refractivity contribution in [3.8, 4) is 0 Å². The van der Waals surface area contributed by atoms with Gasteiger partial charge in [-0.3, -0.25) is 8.88 Å². The molecule has 14 heavy (non-hydrogen) atoms. The van der Waals surface area contributed by atoms with Crippen LogP contribution in [0.3, 0.4) is 0 Å². The first-order valence-electron chi connectivity index (χ1n) is 2.67. The van der Waals surface area contributed by atoms with Crippen molar-refractivity contribution in [2.45, 2.75) is 6.18 Å². The van der Waals surface area contributed by atoms with E-state index < -0.39 is 28.4 Å². The standard InChI is InChI=1S/C2H5F3O7P2/c3-2(4,5)1-11-14(9,10)12-13(6,7)8/h1H2,(H,9,10)(H2,6,7,8)/p-3. The van der Waals surface area contributed by atoms with Gasteiger partial charge in [0, 0.05) is 0 Å². The molecule has 12 heteroatoms. The van der Waals surface area contributed by atoms with E-state index in [-0.39, 0.29) is 0 Å². The van der Waals surface area contributed by atoms with Crippen LogP contribution in [0.1, 0.15) is 0 Å². The lowest BCUT2D eigenvalue weighted by atomic mass is 10.7. The van der Waals surface area contributed by atoms with Gasteiger partial charge in [0.25, 0.3) is 7.82 Å². The Hall–Kier alpha value is 0.0500. The molecule has 0 amide bonds. The molecule has 86 valence electrons. The van der Waals surface area contributed by atoms with Gasteiger partial charge in [-0.1, -0.05) is 0 Å². The molecule has 0 radical (unpaired) electrons. The van der Waals surface area contributed by atoms with Crippen LogP contribution in [0.15, 0.2) is 0 Å². The molecule has 0 aromatic rings. The van der Waals surface area contributed by atoms with Crippen LogP contribution in [0.4, 0.5) is 13.2 Å². The van der Waals surface area contributed by atoms with Crippen molar-refractivity contribution in [2.75, 3.05) is 6.61 Å². The fourth-order valence-corrected chi connectivity index (χ4v) is 1.77. The summed E-state index contributed by atoms with van der Waals surface area (Å²) in [5, 5.41) is 0. The second-order valence-corrected chi connectivity index (χ2v) is 4.56. The quantitative estimate of drug-likeness (QED) is 0.584. The van der Waals surface area contributed by atoms with Gasteiger partial charge in [-0.15, -0.1) is 0 Å². The molecule has 0 saturated carbocycles. The van der Waals surface area contributed by atoms with Crippen LogP contribution in [0, 0.1) is 0 Å². The van der Waals surface area contributed by atoms with Gasteiger partial charge in [0.15, 0.2) is 6.61 Å². The smallest absolute Gasteiger partial charge is 0.412 e. The zero-order chi connectivity index (χ0) is 11.6. The molecule has 0 saturated heterocycles. The summed E-state index contributed by atoms with van der Waals surface area (Å²) in [6.07, 6.45) is -4.99. The van der Waals surface area contributed by atoms with Crippen molar-refractivity contribution in [2.24, 2.45) is 0 Å². The summed E-state index contributed by atoms with van der Waals surface area (Å²) >= 11 is 0. The average Bonchev–Trinajstić information content (AvgIpc) is 1.76. The number of hydrogen-bond acceptors (Lipinski definition) is 7. The minimum atomic E-state index is -5.94. The molecule has 7 nitrogen and oxygen atoms in total. The Morgan fingerprint density at radius 1 is 1.14 bits per heavy atom. The van der Waals surface area contributed by atoms with Crippen molar-refractivity contribution in [1.29, 1.82) is 0 Å². The van der Waals surface area contributed by atoms with Gasteiger partial charge >= 0.3 is 6.18 Å². The summed E-state index contributed by atoms with van der Waals surface area (Å²) < 4.78 is 59.7. The molecule has 0 bridgehead atoms. The van der Waals surface area contributed by atoms with E-state index in [1.165, 1.54) is 0 Å². The summed E-state index contributed by atoms with van der Waals surface area (Å²) in [7, 11) is -11.7. The van der Waals surface area contributed by atoms with E-state index in [2.05, 4.69) is 8.83 Å². The van der Waals surface area contributed by atoms with Crippen LogP contribution in [-0.2, 0) is 18.0 Å². The topological polar surface area (TPSA) is 122 Å². The molecule has 1 unspecified atom stereocenters. The second kappa shape index (κ2) is 4.28. The fraction of sp³-hybridized carbons (Fsp3) is 1.00. The third-order valence-corrected chi connectivity index (χ3v) is 2.63. The maximum Gasteiger partial charge on any atom is 0.412 e. The van der Waals surface area contributed by atoms with Gasteiger partial charge in [0.1, 0.15) is 0 Å². The molecule has 0 fully saturated rings. The summed E-state index contributed by atoms with van der Waals surface area (Å²) in [6, 6.07) is 0. The zero-order valence-corrected chi connectivity index (χ0v) is 7.88. The highest BCUT2D eigenvalue weighted by atomic mass is 31.3. The number of halogens is 3. The van der Waals surface area contributed by atoms with E-state index in [1.54, 1.807) is 0 Å². The number of rotatable bonds is 4. The first-order chi connectivity index (χ1) is 5.91. The molecule has 0 heterocycles. The van der Waals surface area contributed by atoms with Gasteiger partial charge in [0.05, 0.1) is 7.82 Å². The van der Waals surface area contributed by atoms with Crippen LogP contribution < -0.4 is 14.7 Å². The monoisotopic (exact) mass is 257 g/mol. The summed E-state index contributed by atoms with van der Waals surface area (Å²) in [6.45, 7) is -2.27. The Morgan fingerprint density at radius 3 is 1.86 bits per heavy atom. The highest BCUT2D eigenvalue weighted by molar-refractivity contribution is 7.58. The van der Waals surface area contributed by atoms with Crippen LogP contribution in [0.5, 0.6) is 0 Å². The third kappa shape index (κ3) is 8.64. The molecule has 0 aromatic heterocycles. The molecule has 0 aliphatic rings. The Labute approximate surface area is 75.3 Å². The van der Waals surface area contributed by atoms with Gasteiger partial charge in [-0.05, 0) is 0 Å². The minimum Gasteiger partial charge on any atom is -0.790 e. The van der Waals surface area contributed by atoms with Crippen molar-refractivity contribution in [3.63, 3.8) is 0 Å². The van der Waals surface area contributed by atoms with E-state index >= 15 is 0 Å². The highest BCUT2D eigenvalue weighted by Gasteiger charge is 2.30. The predicted molar refractivity (Wildman–Crippen MR) is 28.3 cm³/mol. The van der Waals surface area contributed by atoms with Crippen molar-refractivity contribution < 1.29 is 45.8 Å². The van der Waals surface area contributed by atoms with Gasteiger partial charge in [0.2, 0.25) is 0 Å². The average molecular weight is 257 g/mol. The molecule has 0 aliphatic heterocycles. The molecule has 0 N–H and O–H groups in total. The summed E-state index contributed by atoms with van der Waals surface area (Å²) in [5.74, 6) is 0. The van der Waals surface area contributed by atoms with E-state index in [0.29, 0.717) is 0 Å². The van der Waals surface area contributed by atoms with Crippen LogP contribution in [0.2, 0.25) is 0 Å². The Bertz CT molecular complexity index is 279. The first kappa shape index (κ1) is 14.1. The van der Waals surface area contributed by atoms with Gasteiger partial charge in [-0.25, -0.2) is 0 Å². The minimum absolute atomic E-state index is 2.27. The number of hydrogen-bond donors (Lipinski definition) is 0. The molecule has 0 spiro atoms. The molecule has 0 rings (SSSR count). The Morgan fingerprint density at radius 2 is 1.57 bits per heavy atom. The van der Waals surface area contributed by atoms with Crippen molar-refractivity contribution in [3.05, 3.63) is 0 Å². The number of alkyl halides is 3. The Kier molecular flexibility index (Phi) is 4.29. The van der Waals surface area contributed by atoms with Crippen LogP contribution in [0.25, 0.3) is 0 Å². The van der Waals surface area contributed by atoms with Crippen LogP contribution >= 0.6 is 15.6 Å². The zero-order valence-electron chi connectivity index (χ0n) is 6.09. The van der Waals surface area contributed by atoms with E-state index in [1.807, 2.05) is 0 Å². The molecule has 1 atom stereocenters. The second-order valence-electron chi connectivity index (χ2n) is 1.86. The number of phosphoric acid groups is 2. The number of phosphoric ester groups is 1. The Balaban J connectivity index is 4.24. The van der Waals surface area contributed by atoms with Crippen LogP contribution in [-0.4, -0.2) is 12.8 Å². The molecular weight excluding hydrogens is 255 g/mol. The maximum absolute atomic E-state index is 11.4. The summed E-state index contributed by atoms with van der Waals surface area (Å²) in [5.41, 5.74) is 0. The van der Waals surface area contributed by atoms with Crippen molar-refractivity contribution in [1.82, 2.24) is 0 Å². The predicted octanol–water partition coefficient (Wildman–Crippen LogP) is -1.12. The summed E-state index contributed by atoms with van der Waals surface area (Å²) in [4.78, 5) is 29.6. The lowest BCUT2D eigenvalue weighted by Crippen LogP contribution is -2.23. The lowest BCUT2D eigenvalue weighted by molar-refractivity contribution is -0.340. The van der Waals surface area contributed by atoms with E-state index in [4.69, 9.17) is 0 Å². The van der Waals surface area contributed by atoms with Gasteiger partial charge < -0.3 is 23.8 Å². The van der Waals surface area contributed by atoms with Gasteiger partial charge in [-0.2, -0.15) is 13.2 Å².